The third kappa shape index (κ3) is 1.89. The van der Waals surface area contributed by atoms with Crippen molar-refractivity contribution >= 4 is 17.3 Å². The minimum atomic E-state index is -1.04. The number of rotatable bonds is 3. The Labute approximate surface area is 94.4 Å². The number of aromatic carboxylic acids is 1. The molecule has 0 saturated heterocycles. The average molecular weight is 239 g/mol. The predicted octanol–water partition coefficient (Wildman–Crippen LogP) is 0.390. The van der Waals surface area contributed by atoms with Crippen molar-refractivity contribution in [3.05, 3.63) is 39.0 Å². The van der Waals surface area contributed by atoms with E-state index in [4.69, 9.17) is 5.11 Å². The topological polar surface area (TPSA) is 77.1 Å². The monoisotopic (exact) mass is 239 g/mol. The minimum absolute atomic E-state index is 0.0407. The molecule has 2 aromatic rings. The molecule has 0 aliphatic heterocycles. The van der Waals surface area contributed by atoms with Gasteiger partial charge in [0.1, 0.15) is 0 Å². The van der Waals surface area contributed by atoms with E-state index < -0.39 is 5.97 Å². The summed E-state index contributed by atoms with van der Waals surface area (Å²) in [5.74, 6) is -1.04. The van der Waals surface area contributed by atoms with E-state index >= 15 is 0 Å². The summed E-state index contributed by atoms with van der Waals surface area (Å²) in [6.45, 7) is 0.295. The van der Waals surface area contributed by atoms with Crippen LogP contribution in [0.5, 0.6) is 0 Å². The van der Waals surface area contributed by atoms with E-state index in [2.05, 4.69) is 4.98 Å². The van der Waals surface area contributed by atoms with Gasteiger partial charge in [-0.25, -0.2) is 14.6 Å². The number of aromatic nitrogens is 3. The summed E-state index contributed by atoms with van der Waals surface area (Å²) in [6, 6.07) is 0. The molecule has 7 heteroatoms. The number of imidazole rings is 1. The van der Waals surface area contributed by atoms with E-state index in [1.165, 1.54) is 9.13 Å². The molecule has 2 aromatic heterocycles. The van der Waals surface area contributed by atoms with E-state index in [1.54, 1.807) is 24.8 Å². The first-order valence-electron chi connectivity index (χ1n) is 4.47. The zero-order valence-electron chi connectivity index (χ0n) is 8.45. The third-order valence-corrected chi connectivity index (χ3v) is 2.96. The molecule has 2 heterocycles. The second-order valence-electron chi connectivity index (χ2n) is 3.27. The maximum Gasteiger partial charge on any atom is 0.365 e. The highest BCUT2D eigenvalue weighted by Gasteiger charge is 2.10. The smallest absolute Gasteiger partial charge is 0.365 e. The van der Waals surface area contributed by atoms with Crippen LogP contribution in [0.2, 0.25) is 0 Å². The molecule has 0 aliphatic rings. The summed E-state index contributed by atoms with van der Waals surface area (Å²) in [5.41, 5.74) is 0.431. The van der Waals surface area contributed by atoms with E-state index in [0.717, 1.165) is 11.3 Å². The van der Waals surface area contributed by atoms with Crippen molar-refractivity contribution in [2.45, 2.75) is 6.54 Å². The van der Waals surface area contributed by atoms with Crippen LogP contribution in [-0.2, 0) is 13.6 Å². The molecule has 0 saturated carbocycles. The van der Waals surface area contributed by atoms with Crippen molar-refractivity contribution < 1.29 is 9.90 Å². The molecule has 2 rings (SSSR count). The van der Waals surface area contributed by atoms with Crippen LogP contribution in [0.15, 0.2) is 22.6 Å². The second-order valence-corrected chi connectivity index (χ2v) is 4.13. The van der Waals surface area contributed by atoms with Crippen molar-refractivity contribution in [1.29, 1.82) is 0 Å². The lowest BCUT2D eigenvalue weighted by atomic mass is 10.5. The van der Waals surface area contributed by atoms with E-state index in [9.17, 15) is 9.59 Å². The van der Waals surface area contributed by atoms with Crippen molar-refractivity contribution in [2.75, 3.05) is 0 Å². The molecule has 84 valence electrons. The van der Waals surface area contributed by atoms with E-state index in [0.29, 0.717) is 12.2 Å². The quantitative estimate of drug-likeness (QED) is 0.840. The van der Waals surface area contributed by atoms with Crippen LogP contribution < -0.4 is 5.69 Å². The standard InChI is InChI=1S/C9H9N3O3S/c1-11-2-3-12(9(11)15)4-6-5-16-7(10-6)8(13)14/h2-3,5H,4H2,1H3,(H,13,14). The van der Waals surface area contributed by atoms with Gasteiger partial charge in [-0.3, -0.25) is 4.57 Å². The number of hydrogen-bond acceptors (Lipinski definition) is 4. The van der Waals surface area contributed by atoms with Gasteiger partial charge in [-0.2, -0.15) is 0 Å². The van der Waals surface area contributed by atoms with E-state index in [1.807, 2.05) is 0 Å². The molecule has 16 heavy (non-hydrogen) atoms. The molecule has 0 bridgehead atoms. The van der Waals surface area contributed by atoms with Gasteiger partial charge in [0.2, 0.25) is 5.01 Å². The SMILES string of the molecule is Cn1ccn(Cc2csc(C(=O)O)n2)c1=O. The number of thiazole rings is 1. The van der Waals surface area contributed by atoms with Crippen LogP contribution in [0.3, 0.4) is 0 Å². The Kier molecular flexibility index (Phi) is 2.61. The van der Waals surface area contributed by atoms with Gasteiger partial charge in [-0.1, -0.05) is 0 Å². The lowest BCUT2D eigenvalue weighted by Crippen LogP contribution is -2.22. The number of carboxylic acids is 1. The van der Waals surface area contributed by atoms with Gasteiger partial charge in [0.15, 0.2) is 0 Å². The zero-order chi connectivity index (χ0) is 11.7. The zero-order valence-corrected chi connectivity index (χ0v) is 9.27. The van der Waals surface area contributed by atoms with Crippen LogP contribution in [0.25, 0.3) is 0 Å². The van der Waals surface area contributed by atoms with Crippen LogP contribution in [-0.4, -0.2) is 25.2 Å². The highest BCUT2D eigenvalue weighted by molar-refractivity contribution is 7.11. The molecule has 0 aliphatic carbocycles. The van der Waals surface area contributed by atoms with Crippen molar-refractivity contribution in [1.82, 2.24) is 14.1 Å². The number of aryl methyl sites for hydroxylation is 1. The normalized spacial score (nSPS) is 10.6. The van der Waals surface area contributed by atoms with Gasteiger partial charge in [-0.15, -0.1) is 11.3 Å². The predicted molar refractivity (Wildman–Crippen MR) is 57.8 cm³/mol. The molecular formula is C9H9N3O3S. The summed E-state index contributed by atoms with van der Waals surface area (Å²) in [4.78, 5) is 26.0. The molecule has 0 unspecified atom stereocenters. The number of nitrogens with zero attached hydrogens (tertiary/aromatic N) is 3. The van der Waals surface area contributed by atoms with Crippen LogP contribution in [0.4, 0.5) is 0 Å². The Hall–Kier alpha value is -1.89. The summed E-state index contributed by atoms with van der Waals surface area (Å²) in [5, 5.41) is 10.4. The lowest BCUT2D eigenvalue weighted by Gasteiger charge is -1.96. The maximum absolute atomic E-state index is 11.5. The lowest BCUT2D eigenvalue weighted by molar-refractivity contribution is 0.0696. The first-order chi connectivity index (χ1) is 7.58. The fourth-order valence-corrected chi connectivity index (χ4v) is 1.93. The number of hydrogen-bond donors (Lipinski definition) is 1. The largest absolute Gasteiger partial charge is 0.476 e. The number of carboxylic acid groups (broad SMARTS) is 1. The Morgan fingerprint density at radius 1 is 1.56 bits per heavy atom. The van der Waals surface area contributed by atoms with Crippen molar-refractivity contribution in [3.63, 3.8) is 0 Å². The highest BCUT2D eigenvalue weighted by Crippen LogP contribution is 2.10. The Morgan fingerprint density at radius 2 is 2.31 bits per heavy atom. The van der Waals surface area contributed by atoms with Crippen molar-refractivity contribution in [3.8, 4) is 0 Å². The van der Waals surface area contributed by atoms with Crippen molar-refractivity contribution in [2.24, 2.45) is 7.05 Å². The summed E-state index contributed by atoms with van der Waals surface area (Å²) >= 11 is 1.06. The summed E-state index contributed by atoms with van der Waals surface area (Å²) < 4.78 is 2.92. The molecule has 0 amide bonds. The van der Waals surface area contributed by atoms with Crippen LogP contribution in [0, 0.1) is 0 Å². The molecule has 0 radical (unpaired) electrons. The number of carbonyl (C=O) groups is 1. The fourth-order valence-electron chi connectivity index (χ4n) is 1.28. The van der Waals surface area contributed by atoms with Crippen LogP contribution in [0.1, 0.15) is 15.5 Å². The Morgan fingerprint density at radius 3 is 2.81 bits per heavy atom. The second kappa shape index (κ2) is 3.93. The van der Waals surface area contributed by atoms with Gasteiger partial charge in [0.25, 0.3) is 0 Å². The third-order valence-electron chi connectivity index (χ3n) is 2.08. The molecular weight excluding hydrogens is 230 g/mol. The van der Waals surface area contributed by atoms with Crippen LogP contribution >= 0.6 is 11.3 Å². The molecule has 6 nitrogen and oxygen atoms in total. The first kappa shape index (κ1) is 10.6. The van der Waals surface area contributed by atoms with E-state index in [-0.39, 0.29) is 10.7 Å². The minimum Gasteiger partial charge on any atom is -0.476 e. The molecule has 0 spiro atoms. The maximum atomic E-state index is 11.5. The fraction of sp³-hybridized carbons (Fsp3) is 0.222. The van der Waals surface area contributed by atoms with Gasteiger partial charge in [0, 0.05) is 24.8 Å². The molecule has 0 fully saturated rings. The summed E-state index contributed by atoms with van der Waals surface area (Å²) in [7, 11) is 1.66. The van der Waals surface area contributed by atoms with Gasteiger partial charge in [-0.05, 0) is 0 Å². The van der Waals surface area contributed by atoms with Gasteiger partial charge < -0.3 is 9.67 Å². The molecule has 0 aromatic carbocycles. The summed E-state index contributed by atoms with van der Waals surface area (Å²) in [6.07, 6.45) is 3.29. The molecule has 1 N–H and O–H groups in total. The highest BCUT2D eigenvalue weighted by atomic mass is 32.1. The van der Waals surface area contributed by atoms with Gasteiger partial charge in [0.05, 0.1) is 12.2 Å². The first-order valence-corrected chi connectivity index (χ1v) is 5.35. The average Bonchev–Trinajstić information content (AvgIpc) is 2.81. The Bertz CT molecular complexity index is 581. The molecule has 0 atom stereocenters. The Balaban J connectivity index is 2.24. The van der Waals surface area contributed by atoms with Gasteiger partial charge >= 0.3 is 11.7 Å².